The summed E-state index contributed by atoms with van der Waals surface area (Å²) < 4.78 is 10.5. The average molecular weight is 288 g/mol. The lowest BCUT2D eigenvalue weighted by molar-refractivity contribution is -0.0313. The molecule has 5 nitrogen and oxygen atoms in total. The molecule has 0 amide bonds. The van der Waals surface area contributed by atoms with Crippen molar-refractivity contribution < 1.29 is 14.6 Å². The second-order valence-electron chi connectivity index (χ2n) is 5.86. The van der Waals surface area contributed by atoms with E-state index in [1.165, 1.54) is 32.4 Å². The van der Waals surface area contributed by atoms with Crippen molar-refractivity contribution in [3.05, 3.63) is 0 Å². The lowest BCUT2D eigenvalue weighted by atomic mass is 10.1. The van der Waals surface area contributed by atoms with Crippen LogP contribution in [0.1, 0.15) is 33.1 Å². The highest BCUT2D eigenvalue weighted by Crippen LogP contribution is 2.11. The minimum Gasteiger partial charge on any atom is -0.389 e. The Kier molecular flexibility index (Phi) is 9.39. The van der Waals surface area contributed by atoms with Crippen LogP contribution in [0.4, 0.5) is 0 Å². The zero-order chi connectivity index (χ0) is 14.8. The first-order chi connectivity index (χ1) is 9.63. The molecule has 5 heteroatoms. The maximum atomic E-state index is 9.85. The van der Waals surface area contributed by atoms with Crippen LogP contribution in [-0.2, 0) is 9.47 Å². The van der Waals surface area contributed by atoms with Gasteiger partial charge in [-0.2, -0.15) is 0 Å². The normalized spacial score (nSPS) is 21.6. The van der Waals surface area contributed by atoms with Gasteiger partial charge in [0.15, 0.2) is 0 Å². The van der Waals surface area contributed by atoms with Gasteiger partial charge in [0, 0.05) is 26.2 Å². The number of nitrogens with one attached hydrogen (secondary N) is 1. The molecular weight excluding hydrogens is 256 g/mol. The predicted molar refractivity (Wildman–Crippen MR) is 81.1 cm³/mol. The van der Waals surface area contributed by atoms with E-state index in [1.54, 1.807) is 7.11 Å². The van der Waals surface area contributed by atoms with Gasteiger partial charge in [0.25, 0.3) is 0 Å². The zero-order valence-electron chi connectivity index (χ0n) is 13.3. The van der Waals surface area contributed by atoms with Crippen LogP contribution in [0.25, 0.3) is 0 Å². The summed E-state index contributed by atoms with van der Waals surface area (Å²) in [5.74, 6) is 0. The van der Waals surface area contributed by atoms with Gasteiger partial charge < -0.3 is 19.9 Å². The first-order valence-corrected chi connectivity index (χ1v) is 7.86. The van der Waals surface area contributed by atoms with E-state index in [0.29, 0.717) is 25.8 Å². The predicted octanol–water partition coefficient (Wildman–Crippen LogP) is 0.863. The molecule has 1 saturated heterocycles. The molecule has 0 bridgehead atoms. The molecule has 1 fully saturated rings. The quantitative estimate of drug-likeness (QED) is 0.624. The fourth-order valence-corrected chi connectivity index (χ4v) is 2.56. The lowest BCUT2D eigenvalue weighted by Crippen LogP contribution is -2.44. The highest BCUT2D eigenvalue weighted by atomic mass is 16.5. The molecule has 3 atom stereocenters. The second kappa shape index (κ2) is 10.5. The van der Waals surface area contributed by atoms with Gasteiger partial charge in [0.1, 0.15) is 0 Å². The number of piperidine rings is 1. The van der Waals surface area contributed by atoms with E-state index < -0.39 is 6.10 Å². The first-order valence-electron chi connectivity index (χ1n) is 7.86. The number of hydrogen-bond donors (Lipinski definition) is 2. The van der Waals surface area contributed by atoms with E-state index in [0.717, 1.165) is 6.54 Å². The zero-order valence-corrected chi connectivity index (χ0v) is 13.3. The third-order valence-electron chi connectivity index (χ3n) is 3.81. The van der Waals surface area contributed by atoms with Crippen LogP contribution in [0.15, 0.2) is 0 Å². The Morgan fingerprint density at radius 2 is 1.80 bits per heavy atom. The van der Waals surface area contributed by atoms with E-state index in [-0.39, 0.29) is 6.10 Å². The molecule has 20 heavy (non-hydrogen) atoms. The topological polar surface area (TPSA) is 54.0 Å². The number of methoxy groups -OCH3 is 1. The molecule has 0 aliphatic carbocycles. The summed E-state index contributed by atoms with van der Waals surface area (Å²) in [4.78, 5) is 2.53. The SMILES string of the molecule is COCC(C)OCC(O)CNCC(C)N1CCCCC1. The highest BCUT2D eigenvalue weighted by molar-refractivity contribution is 4.74. The summed E-state index contributed by atoms with van der Waals surface area (Å²) in [6.07, 6.45) is 3.58. The van der Waals surface area contributed by atoms with Crippen molar-refractivity contribution in [2.24, 2.45) is 0 Å². The van der Waals surface area contributed by atoms with E-state index in [9.17, 15) is 5.11 Å². The van der Waals surface area contributed by atoms with Gasteiger partial charge in [-0.05, 0) is 39.8 Å². The Hall–Kier alpha value is -0.200. The Balaban J connectivity index is 2.04. The average Bonchev–Trinajstić information content (AvgIpc) is 2.46. The monoisotopic (exact) mass is 288 g/mol. The van der Waals surface area contributed by atoms with Crippen molar-refractivity contribution in [1.29, 1.82) is 0 Å². The molecule has 1 aliphatic heterocycles. The molecule has 0 spiro atoms. The molecular formula is C15H32N2O3. The third-order valence-corrected chi connectivity index (χ3v) is 3.81. The van der Waals surface area contributed by atoms with Gasteiger partial charge in [0.2, 0.25) is 0 Å². The van der Waals surface area contributed by atoms with Crippen molar-refractivity contribution >= 4 is 0 Å². The Bertz CT molecular complexity index is 235. The molecule has 1 rings (SSSR count). The van der Waals surface area contributed by atoms with Gasteiger partial charge in [0.05, 0.1) is 25.4 Å². The second-order valence-corrected chi connectivity index (χ2v) is 5.86. The summed E-state index contributed by atoms with van der Waals surface area (Å²) in [5.41, 5.74) is 0. The minimum atomic E-state index is -0.456. The number of rotatable bonds is 10. The summed E-state index contributed by atoms with van der Waals surface area (Å²) >= 11 is 0. The van der Waals surface area contributed by atoms with Gasteiger partial charge in [-0.25, -0.2) is 0 Å². The summed E-state index contributed by atoms with van der Waals surface area (Å²) in [5, 5.41) is 13.2. The first kappa shape index (κ1) is 17.9. The number of aliphatic hydroxyl groups is 1. The van der Waals surface area contributed by atoms with E-state index in [4.69, 9.17) is 9.47 Å². The van der Waals surface area contributed by atoms with Gasteiger partial charge >= 0.3 is 0 Å². The fraction of sp³-hybridized carbons (Fsp3) is 1.00. The van der Waals surface area contributed by atoms with Crippen LogP contribution in [0, 0.1) is 0 Å². The van der Waals surface area contributed by atoms with Crippen LogP contribution in [0.2, 0.25) is 0 Å². The van der Waals surface area contributed by atoms with E-state index in [1.807, 2.05) is 6.92 Å². The number of likely N-dealkylation sites (tertiary alicyclic amines) is 1. The van der Waals surface area contributed by atoms with E-state index in [2.05, 4.69) is 17.1 Å². The van der Waals surface area contributed by atoms with Crippen molar-refractivity contribution in [2.45, 2.75) is 51.4 Å². The molecule has 0 aromatic rings. The number of nitrogens with zero attached hydrogens (tertiary/aromatic N) is 1. The molecule has 1 heterocycles. The Morgan fingerprint density at radius 1 is 1.10 bits per heavy atom. The highest BCUT2D eigenvalue weighted by Gasteiger charge is 2.16. The molecule has 0 radical (unpaired) electrons. The number of aliphatic hydroxyl groups excluding tert-OH is 1. The molecule has 0 aromatic heterocycles. The van der Waals surface area contributed by atoms with Crippen LogP contribution in [0.5, 0.6) is 0 Å². The molecule has 2 N–H and O–H groups in total. The fourth-order valence-electron chi connectivity index (χ4n) is 2.56. The number of ether oxygens (including phenoxy) is 2. The lowest BCUT2D eigenvalue weighted by Gasteiger charge is -2.32. The molecule has 3 unspecified atom stereocenters. The summed E-state index contributed by atoms with van der Waals surface area (Å²) in [7, 11) is 1.65. The molecule has 1 aliphatic rings. The molecule has 0 saturated carbocycles. The van der Waals surface area contributed by atoms with Crippen molar-refractivity contribution in [3.8, 4) is 0 Å². The van der Waals surface area contributed by atoms with Crippen LogP contribution in [0.3, 0.4) is 0 Å². The maximum absolute atomic E-state index is 9.85. The van der Waals surface area contributed by atoms with Crippen molar-refractivity contribution in [3.63, 3.8) is 0 Å². The van der Waals surface area contributed by atoms with Gasteiger partial charge in [-0.15, -0.1) is 0 Å². The minimum absolute atomic E-state index is 0.0296. The van der Waals surface area contributed by atoms with Crippen molar-refractivity contribution in [1.82, 2.24) is 10.2 Å². The maximum Gasteiger partial charge on any atom is 0.0897 e. The Morgan fingerprint density at radius 3 is 2.45 bits per heavy atom. The summed E-state index contributed by atoms with van der Waals surface area (Å²) in [6, 6.07) is 0.538. The van der Waals surface area contributed by atoms with Crippen LogP contribution < -0.4 is 5.32 Å². The van der Waals surface area contributed by atoms with Gasteiger partial charge in [-0.3, -0.25) is 4.90 Å². The largest absolute Gasteiger partial charge is 0.389 e. The third kappa shape index (κ3) is 7.55. The standard InChI is InChI=1S/C15H32N2O3/c1-13(17-7-5-4-6-8-17)9-16-10-15(18)12-20-14(2)11-19-3/h13-16,18H,4-12H2,1-3H3. The van der Waals surface area contributed by atoms with E-state index >= 15 is 0 Å². The molecule has 0 aromatic carbocycles. The van der Waals surface area contributed by atoms with Crippen molar-refractivity contribution in [2.75, 3.05) is 46.5 Å². The van der Waals surface area contributed by atoms with Crippen LogP contribution >= 0.6 is 0 Å². The van der Waals surface area contributed by atoms with Crippen LogP contribution in [-0.4, -0.2) is 74.8 Å². The summed E-state index contributed by atoms with van der Waals surface area (Å²) in [6.45, 7) is 9.04. The smallest absolute Gasteiger partial charge is 0.0897 e. The molecule has 120 valence electrons. The Labute approximate surface area is 123 Å². The van der Waals surface area contributed by atoms with Gasteiger partial charge in [-0.1, -0.05) is 6.42 Å². The number of hydrogen-bond acceptors (Lipinski definition) is 5.